The van der Waals surface area contributed by atoms with Gasteiger partial charge in [-0.2, -0.15) is 0 Å². The van der Waals surface area contributed by atoms with Gasteiger partial charge in [-0.3, -0.25) is 10.1 Å². The van der Waals surface area contributed by atoms with Crippen molar-refractivity contribution in [3.8, 4) is 0 Å². The van der Waals surface area contributed by atoms with Gasteiger partial charge < -0.3 is 0 Å². The average molecular weight is 423 g/mol. The van der Waals surface area contributed by atoms with E-state index in [9.17, 15) is 22.0 Å². The number of nitrogens with zero attached hydrogens (tertiary/aromatic N) is 1. The molecule has 3 aromatic rings. The molecule has 6 nitrogen and oxygen atoms in total. The Morgan fingerprint density at radius 2 is 1.86 bits per heavy atom. The van der Waals surface area contributed by atoms with Crippen LogP contribution in [0.1, 0.15) is 20.8 Å². The minimum absolute atomic E-state index is 0.0457. The molecular formula is C18H15F2N3O3S2. The van der Waals surface area contributed by atoms with E-state index in [4.69, 9.17) is 0 Å². The number of hydrogen-bond donors (Lipinski definition) is 2. The predicted molar refractivity (Wildman–Crippen MR) is 102 cm³/mol. The van der Waals surface area contributed by atoms with Gasteiger partial charge in [-0.15, -0.1) is 11.3 Å². The molecule has 1 heterocycles. The molecule has 0 saturated heterocycles. The molecule has 2 aromatic carbocycles. The summed E-state index contributed by atoms with van der Waals surface area (Å²) in [5.74, 6) is -1.75. The molecule has 1 amide bonds. The second-order valence-electron chi connectivity index (χ2n) is 5.73. The number of halogens is 2. The van der Waals surface area contributed by atoms with Crippen LogP contribution in [-0.4, -0.2) is 26.4 Å². The molecule has 146 valence electrons. The fraction of sp³-hybridized carbons (Fsp3) is 0.111. The van der Waals surface area contributed by atoms with Crippen LogP contribution in [0.3, 0.4) is 0 Å². The monoisotopic (exact) mass is 423 g/mol. The van der Waals surface area contributed by atoms with Crippen molar-refractivity contribution in [2.75, 3.05) is 12.4 Å². The molecule has 0 fully saturated rings. The lowest BCUT2D eigenvalue weighted by Gasteiger charge is -2.04. The number of anilines is 1. The summed E-state index contributed by atoms with van der Waals surface area (Å²) >= 11 is 1.17. The molecule has 3 rings (SSSR count). The van der Waals surface area contributed by atoms with Crippen molar-refractivity contribution >= 4 is 32.4 Å². The number of nitrogens with one attached hydrogen (secondary N) is 2. The Hall–Kier alpha value is -2.69. The van der Waals surface area contributed by atoms with Crippen LogP contribution in [0.4, 0.5) is 13.9 Å². The number of amides is 1. The van der Waals surface area contributed by atoms with Crippen molar-refractivity contribution in [1.29, 1.82) is 0 Å². The molecule has 10 heteroatoms. The van der Waals surface area contributed by atoms with Crippen LogP contribution in [-0.2, 0) is 16.4 Å². The number of rotatable bonds is 6. The van der Waals surface area contributed by atoms with E-state index in [1.54, 1.807) is 0 Å². The first-order valence-electron chi connectivity index (χ1n) is 8.02. The van der Waals surface area contributed by atoms with Crippen molar-refractivity contribution in [3.63, 3.8) is 0 Å². The summed E-state index contributed by atoms with van der Waals surface area (Å²) < 4.78 is 52.3. The Bertz CT molecular complexity index is 1110. The maximum atomic E-state index is 13.7. The van der Waals surface area contributed by atoms with Crippen LogP contribution >= 0.6 is 11.3 Å². The van der Waals surface area contributed by atoms with Gasteiger partial charge in [0.15, 0.2) is 5.13 Å². The number of benzene rings is 2. The Morgan fingerprint density at radius 1 is 1.14 bits per heavy atom. The van der Waals surface area contributed by atoms with E-state index in [2.05, 4.69) is 15.0 Å². The summed E-state index contributed by atoms with van der Waals surface area (Å²) in [6.45, 7) is 0. The maximum absolute atomic E-state index is 13.7. The number of thiazole rings is 1. The van der Waals surface area contributed by atoms with Gasteiger partial charge in [-0.25, -0.2) is 26.9 Å². The molecule has 0 saturated carbocycles. The fourth-order valence-electron chi connectivity index (χ4n) is 2.37. The lowest BCUT2D eigenvalue weighted by Crippen LogP contribution is -2.19. The Labute approximate surface area is 164 Å². The van der Waals surface area contributed by atoms with Gasteiger partial charge in [0.2, 0.25) is 10.0 Å². The first-order valence-corrected chi connectivity index (χ1v) is 10.3. The second-order valence-corrected chi connectivity index (χ2v) is 8.73. The van der Waals surface area contributed by atoms with E-state index in [-0.39, 0.29) is 16.9 Å². The largest absolute Gasteiger partial charge is 0.298 e. The summed E-state index contributed by atoms with van der Waals surface area (Å²) in [5.41, 5.74) is 0.584. The first-order chi connectivity index (χ1) is 13.3. The van der Waals surface area contributed by atoms with Crippen LogP contribution in [0.15, 0.2) is 53.6 Å². The van der Waals surface area contributed by atoms with Crippen molar-refractivity contribution in [2.45, 2.75) is 11.3 Å². The highest BCUT2D eigenvalue weighted by Gasteiger charge is 2.14. The zero-order chi connectivity index (χ0) is 20.3. The third-order valence-corrected chi connectivity index (χ3v) is 6.19. The van der Waals surface area contributed by atoms with Crippen LogP contribution in [0, 0.1) is 11.6 Å². The first kappa shape index (κ1) is 20.1. The molecule has 0 radical (unpaired) electrons. The molecule has 0 bridgehead atoms. The number of carbonyl (C=O) groups is 1. The molecule has 0 aliphatic rings. The van der Waals surface area contributed by atoms with Gasteiger partial charge in [0, 0.05) is 29.1 Å². The fourth-order valence-corrected chi connectivity index (χ4v) is 3.93. The number of carbonyl (C=O) groups excluding carboxylic acids is 1. The van der Waals surface area contributed by atoms with Crippen LogP contribution in [0.5, 0.6) is 0 Å². The third kappa shape index (κ3) is 4.58. The van der Waals surface area contributed by atoms with E-state index in [1.807, 2.05) is 0 Å². The Morgan fingerprint density at radius 3 is 2.50 bits per heavy atom. The molecule has 0 atom stereocenters. The second kappa shape index (κ2) is 8.13. The number of sulfonamides is 1. The number of aromatic nitrogens is 1. The zero-order valence-electron chi connectivity index (χ0n) is 14.6. The smallest absolute Gasteiger partial charge is 0.257 e. The van der Waals surface area contributed by atoms with Gasteiger partial charge in [0.05, 0.1) is 4.90 Å². The summed E-state index contributed by atoms with van der Waals surface area (Å²) in [6, 6.07) is 8.79. The highest BCUT2D eigenvalue weighted by atomic mass is 32.2. The molecule has 0 aliphatic carbocycles. The van der Waals surface area contributed by atoms with Crippen molar-refractivity contribution in [2.24, 2.45) is 0 Å². The van der Waals surface area contributed by atoms with Crippen molar-refractivity contribution in [3.05, 3.63) is 76.3 Å². The van der Waals surface area contributed by atoms with E-state index in [1.165, 1.54) is 61.0 Å². The summed E-state index contributed by atoms with van der Waals surface area (Å²) in [5, 5.41) is 2.92. The molecule has 2 N–H and O–H groups in total. The SMILES string of the molecule is CNS(=O)(=O)c1ccc(C(=O)Nc2ncc(Cc3ccc(F)cc3F)s2)cc1. The highest BCUT2D eigenvalue weighted by Crippen LogP contribution is 2.23. The van der Waals surface area contributed by atoms with E-state index >= 15 is 0 Å². The minimum Gasteiger partial charge on any atom is -0.298 e. The lowest BCUT2D eigenvalue weighted by molar-refractivity contribution is 0.102. The minimum atomic E-state index is -3.58. The molecule has 0 spiro atoms. The molecular weight excluding hydrogens is 408 g/mol. The summed E-state index contributed by atoms with van der Waals surface area (Å²) in [7, 11) is -2.28. The van der Waals surface area contributed by atoms with Gasteiger partial charge >= 0.3 is 0 Å². The lowest BCUT2D eigenvalue weighted by atomic mass is 10.1. The molecule has 0 aliphatic heterocycles. The predicted octanol–water partition coefficient (Wildman–Crippen LogP) is 3.17. The number of hydrogen-bond acceptors (Lipinski definition) is 5. The normalized spacial score (nSPS) is 11.4. The van der Waals surface area contributed by atoms with E-state index in [0.29, 0.717) is 15.6 Å². The van der Waals surface area contributed by atoms with Crippen LogP contribution in [0.25, 0.3) is 0 Å². The zero-order valence-corrected chi connectivity index (χ0v) is 16.2. The van der Waals surface area contributed by atoms with Crippen LogP contribution in [0.2, 0.25) is 0 Å². The Balaban J connectivity index is 1.68. The van der Waals surface area contributed by atoms with Gasteiger partial charge in [-0.1, -0.05) is 6.07 Å². The van der Waals surface area contributed by atoms with Crippen LogP contribution < -0.4 is 10.0 Å². The summed E-state index contributed by atoms with van der Waals surface area (Å²) in [6.07, 6.45) is 1.72. The quantitative estimate of drug-likeness (QED) is 0.638. The van der Waals surface area contributed by atoms with Crippen molar-refractivity contribution < 1.29 is 22.0 Å². The highest BCUT2D eigenvalue weighted by molar-refractivity contribution is 7.89. The average Bonchev–Trinajstić information content (AvgIpc) is 3.11. The van der Waals surface area contributed by atoms with E-state index < -0.39 is 27.6 Å². The van der Waals surface area contributed by atoms with Gasteiger partial charge in [-0.05, 0) is 42.9 Å². The standard InChI is InChI=1S/C18H15F2N3O3S2/c1-21-28(25,26)15-6-3-11(4-7-15)17(24)23-18-22-10-14(27-18)8-12-2-5-13(19)9-16(12)20/h2-7,9-10,21H,8H2,1H3,(H,22,23,24). The molecule has 1 aromatic heterocycles. The molecule has 28 heavy (non-hydrogen) atoms. The molecule has 0 unspecified atom stereocenters. The van der Waals surface area contributed by atoms with Gasteiger partial charge in [0.1, 0.15) is 11.6 Å². The van der Waals surface area contributed by atoms with E-state index in [0.717, 1.165) is 6.07 Å². The Kier molecular flexibility index (Phi) is 5.82. The maximum Gasteiger partial charge on any atom is 0.257 e. The topological polar surface area (TPSA) is 88.2 Å². The third-order valence-electron chi connectivity index (χ3n) is 3.85. The van der Waals surface area contributed by atoms with Gasteiger partial charge in [0.25, 0.3) is 5.91 Å². The van der Waals surface area contributed by atoms with Crippen molar-refractivity contribution in [1.82, 2.24) is 9.71 Å². The summed E-state index contributed by atoms with van der Waals surface area (Å²) in [4.78, 5) is 17.1.